The van der Waals surface area contributed by atoms with Crippen molar-refractivity contribution < 1.29 is 0 Å². The second kappa shape index (κ2) is 5.52. The molecular formula is C9H10Br2N2. The summed E-state index contributed by atoms with van der Waals surface area (Å²) in [6, 6.07) is 0. The molecule has 13 heavy (non-hydrogen) atoms. The van der Waals surface area contributed by atoms with E-state index in [1.807, 2.05) is 13.1 Å². The number of pyridine rings is 1. The lowest BCUT2D eigenvalue weighted by Gasteiger charge is -2.00. The minimum atomic E-state index is 0.862. The maximum Gasteiger partial charge on any atom is 0.0442 e. The van der Waals surface area contributed by atoms with Gasteiger partial charge >= 0.3 is 0 Å². The van der Waals surface area contributed by atoms with Crippen LogP contribution in [0.25, 0.3) is 6.08 Å². The average Bonchev–Trinajstić information content (AvgIpc) is 2.10. The Labute approximate surface area is 94.7 Å². The van der Waals surface area contributed by atoms with E-state index in [0.29, 0.717) is 0 Å². The molecule has 1 heterocycles. The van der Waals surface area contributed by atoms with Gasteiger partial charge in [-0.25, -0.2) is 0 Å². The molecule has 0 saturated carbocycles. The van der Waals surface area contributed by atoms with E-state index in [2.05, 4.69) is 48.2 Å². The second-order valence-corrected chi connectivity index (χ2v) is 4.19. The van der Waals surface area contributed by atoms with Gasteiger partial charge in [0.25, 0.3) is 0 Å². The molecule has 1 N–H and O–H groups in total. The fourth-order valence-corrected chi connectivity index (χ4v) is 2.07. The van der Waals surface area contributed by atoms with E-state index in [4.69, 9.17) is 0 Å². The van der Waals surface area contributed by atoms with Gasteiger partial charge in [0.05, 0.1) is 0 Å². The molecule has 0 atom stereocenters. The molecule has 1 rings (SSSR count). The molecule has 4 heteroatoms. The van der Waals surface area contributed by atoms with Gasteiger partial charge in [0.15, 0.2) is 0 Å². The molecular weight excluding hydrogens is 296 g/mol. The molecule has 70 valence electrons. The Bertz CT molecular complexity index is 290. The lowest BCUT2D eigenvalue weighted by molar-refractivity contribution is 0.922. The third-order valence-electron chi connectivity index (χ3n) is 1.50. The molecule has 1 aromatic rings. The van der Waals surface area contributed by atoms with Crippen LogP contribution in [0.4, 0.5) is 0 Å². The molecule has 0 unspecified atom stereocenters. The van der Waals surface area contributed by atoms with E-state index in [-0.39, 0.29) is 0 Å². The Morgan fingerprint density at radius 1 is 1.38 bits per heavy atom. The van der Waals surface area contributed by atoms with Crippen molar-refractivity contribution in [3.63, 3.8) is 0 Å². The van der Waals surface area contributed by atoms with Crippen molar-refractivity contribution >= 4 is 37.9 Å². The molecule has 0 radical (unpaired) electrons. The third kappa shape index (κ3) is 3.21. The largest absolute Gasteiger partial charge is 0.316 e. The van der Waals surface area contributed by atoms with Crippen molar-refractivity contribution in [1.29, 1.82) is 0 Å². The lowest BCUT2D eigenvalue weighted by atomic mass is 10.2. The number of nitrogens with one attached hydrogen (secondary N) is 1. The monoisotopic (exact) mass is 304 g/mol. The summed E-state index contributed by atoms with van der Waals surface area (Å²) in [6.45, 7) is 0.862. The highest BCUT2D eigenvalue weighted by Gasteiger charge is 2.00. The van der Waals surface area contributed by atoms with Crippen LogP contribution in [-0.4, -0.2) is 18.6 Å². The molecule has 0 bridgehead atoms. The number of hydrogen-bond donors (Lipinski definition) is 1. The Morgan fingerprint density at radius 2 is 2.00 bits per heavy atom. The molecule has 0 aliphatic heterocycles. The molecule has 0 amide bonds. The van der Waals surface area contributed by atoms with Crippen molar-refractivity contribution in [3.05, 3.63) is 33.0 Å². The molecule has 0 spiro atoms. The minimum Gasteiger partial charge on any atom is -0.316 e. The molecule has 0 aliphatic carbocycles. The van der Waals surface area contributed by atoms with Crippen LogP contribution >= 0.6 is 31.9 Å². The first-order chi connectivity index (χ1) is 6.25. The second-order valence-electron chi connectivity index (χ2n) is 2.48. The number of halogens is 2. The standard InChI is InChI=1S/C9H10Br2N2/c1-12-4-2-3-7-8(10)5-13-6-9(7)11/h2-3,5-6,12H,4H2,1H3/b3-2+. The third-order valence-corrected chi connectivity index (χ3v) is 2.76. The summed E-state index contributed by atoms with van der Waals surface area (Å²) in [5, 5.41) is 3.04. The Hall–Kier alpha value is -0.190. The zero-order valence-corrected chi connectivity index (χ0v) is 10.4. The van der Waals surface area contributed by atoms with Crippen LogP contribution in [-0.2, 0) is 0 Å². The topological polar surface area (TPSA) is 24.9 Å². The van der Waals surface area contributed by atoms with Crippen LogP contribution < -0.4 is 5.32 Å². The van der Waals surface area contributed by atoms with E-state index in [9.17, 15) is 0 Å². The van der Waals surface area contributed by atoms with Gasteiger partial charge in [-0.05, 0) is 38.9 Å². The molecule has 0 saturated heterocycles. The number of aromatic nitrogens is 1. The van der Waals surface area contributed by atoms with Gasteiger partial charge in [-0.3, -0.25) is 4.98 Å². The summed E-state index contributed by atoms with van der Waals surface area (Å²) in [5.74, 6) is 0. The lowest BCUT2D eigenvalue weighted by Crippen LogP contribution is -2.03. The highest BCUT2D eigenvalue weighted by molar-refractivity contribution is 9.11. The average molecular weight is 306 g/mol. The predicted molar refractivity (Wildman–Crippen MR) is 62.6 cm³/mol. The van der Waals surface area contributed by atoms with E-state index < -0.39 is 0 Å². The van der Waals surface area contributed by atoms with Gasteiger partial charge in [-0.2, -0.15) is 0 Å². The van der Waals surface area contributed by atoms with Crippen LogP contribution in [0.3, 0.4) is 0 Å². The first kappa shape index (κ1) is 10.9. The normalized spacial score (nSPS) is 11.0. The molecule has 0 aliphatic rings. The summed E-state index contributed by atoms with van der Waals surface area (Å²) >= 11 is 6.87. The zero-order chi connectivity index (χ0) is 9.68. The van der Waals surface area contributed by atoms with Crippen molar-refractivity contribution in [1.82, 2.24) is 10.3 Å². The molecule has 0 fully saturated rings. The SMILES string of the molecule is CNC/C=C/c1c(Br)cncc1Br. The number of nitrogens with zero attached hydrogens (tertiary/aromatic N) is 1. The Morgan fingerprint density at radius 3 is 2.54 bits per heavy atom. The highest BCUT2D eigenvalue weighted by Crippen LogP contribution is 2.24. The number of likely N-dealkylation sites (N-methyl/N-ethyl adjacent to an activating group) is 1. The molecule has 1 aromatic heterocycles. The van der Waals surface area contributed by atoms with E-state index in [1.54, 1.807) is 12.4 Å². The fourth-order valence-electron chi connectivity index (χ4n) is 0.875. The van der Waals surface area contributed by atoms with Crippen LogP contribution in [0.2, 0.25) is 0 Å². The van der Waals surface area contributed by atoms with E-state index in [0.717, 1.165) is 21.1 Å². The van der Waals surface area contributed by atoms with Crippen LogP contribution in [0.5, 0.6) is 0 Å². The smallest absolute Gasteiger partial charge is 0.0442 e. The van der Waals surface area contributed by atoms with Gasteiger partial charge in [0.1, 0.15) is 0 Å². The maximum absolute atomic E-state index is 4.03. The Kier molecular flexibility index (Phi) is 4.62. The predicted octanol–water partition coefficient (Wildman–Crippen LogP) is 2.84. The van der Waals surface area contributed by atoms with Gasteiger partial charge in [-0.15, -0.1) is 0 Å². The summed E-state index contributed by atoms with van der Waals surface area (Å²) in [7, 11) is 1.92. The highest BCUT2D eigenvalue weighted by atomic mass is 79.9. The van der Waals surface area contributed by atoms with Crippen LogP contribution in [0.15, 0.2) is 27.4 Å². The van der Waals surface area contributed by atoms with E-state index in [1.165, 1.54) is 0 Å². The van der Waals surface area contributed by atoms with Crippen LogP contribution in [0.1, 0.15) is 5.56 Å². The van der Waals surface area contributed by atoms with Crippen molar-refractivity contribution in [3.8, 4) is 0 Å². The maximum atomic E-state index is 4.03. The molecule has 0 aromatic carbocycles. The number of rotatable bonds is 3. The molecule has 2 nitrogen and oxygen atoms in total. The van der Waals surface area contributed by atoms with Gasteiger partial charge in [-0.1, -0.05) is 12.2 Å². The number of hydrogen-bond acceptors (Lipinski definition) is 2. The first-order valence-corrected chi connectivity index (χ1v) is 5.44. The van der Waals surface area contributed by atoms with Crippen LogP contribution in [0, 0.1) is 0 Å². The van der Waals surface area contributed by atoms with Crippen molar-refractivity contribution in [2.24, 2.45) is 0 Å². The summed E-state index contributed by atoms with van der Waals surface area (Å²) in [5.41, 5.74) is 1.12. The summed E-state index contributed by atoms with van der Waals surface area (Å²) in [4.78, 5) is 4.03. The zero-order valence-electron chi connectivity index (χ0n) is 7.22. The van der Waals surface area contributed by atoms with E-state index >= 15 is 0 Å². The minimum absolute atomic E-state index is 0.862. The summed E-state index contributed by atoms with van der Waals surface area (Å²) < 4.78 is 1.99. The van der Waals surface area contributed by atoms with Gasteiger partial charge < -0.3 is 5.32 Å². The van der Waals surface area contributed by atoms with Crippen molar-refractivity contribution in [2.75, 3.05) is 13.6 Å². The van der Waals surface area contributed by atoms with Gasteiger partial charge in [0, 0.05) is 33.4 Å². The summed E-state index contributed by atoms with van der Waals surface area (Å²) in [6.07, 6.45) is 7.67. The fraction of sp³-hybridized carbons (Fsp3) is 0.222. The Balaban J connectivity index is 2.87. The first-order valence-electron chi connectivity index (χ1n) is 3.86. The van der Waals surface area contributed by atoms with Crippen molar-refractivity contribution in [2.45, 2.75) is 0 Å². The quantitative estimate of drug-likeness (QED) is 0.929. The van der Waals surface area contributed by atoms with Gasteiger partial charge in [0.2, 0.25) is 0 Å².